The molecule has 1 aromatic heterocycles. The van der Waals surface area contributed by atoms with Crippen molar-refractivity contribution in [3.63, 3.8) is 0 Å². The molecule has 2 saturated carbocycles. The summed E-state index contributed by atoms with van der Waals surface area (Å²) in [4.78, 5) is 33.8. The fourth-order valence-electron chi connectivity index (χ4n) is 4.84. The third-order valence-electron chi connectivity index (χ3n) is 7.25. The van der Waals surface area contributed by atoms with E-state index >= 15 is 0 Å². The van der Waals surface area contributed by atoms with Crippen LogP contribution >= 0.6 is 0 Å². The molecule has 0 spiro atoms. The third-order valence-corrected chi connectivity index (χ3v) is 9.58. The summed E-state index contributed by atoms with van der Waals surface area (Å²) in [6.45, 7) is 1.34. The van der Waals surface area contributed by atoms with Crippen LogP contribution in [0.25, 0.3) is 0 Å². The SMILES string of the molecule is COC(=O)c1cnc(NC(=O)[C@H](CC2CCOCC2)c2ccc(S(=O)(=O)C3CC3)c(C3CC3)c2)cn1. The molecule has 3 aliphatic rings. The molecule has 1 atom stereocenters. The van der Waals surface area contributed by atoms with Crippen LogP contribution in [0.3, 0.4) is 0 Å². The van der Waals surface area contributed by atoms with Crippen LogP contribution in [-0.2, 0) is 24.1 Å². The molecule has 0 unspecified atom stereocenters. The molecule has 1 aliphatic heterocycles. The highest BCUT2D eigenvalue weighted by molar-refractivity contribution is 7.92. The molecule has 3 fully saturated rings. The molecule has 9 nitrogen and oxygen atoms in total. The number of amides is 1. The minimum Gasteiger partial charge on any atom is -0.464 e. The summed E-state index contributed by atoms with van der Waals surface area (Å²) in [5, 5.41) is 2.57. The smallest absolute Gasteiger partial charge is 0.358 e. The van der Waals surface area contributed by atoms with Crippen molar-refractivity contribution in [2.24, 2.45) is 5.92 Å². The lowest BCUT2D eigenvalue weighted by Crippen LogP contribution is -2.26. The molecule has 0 bridgehead atoms. The topological polar surface area (TPSA) is 125 Å². The van der Waals surface area contributed by atoms with E-state index in [-0.39, 0.29) is 28.6 Å². The number of carbonyl (C=O) groups excluding carboxylic acids is 2. The summed E-state index contributed by atoms with van der Waals surface area (Å²) in [7, 11) is -2.06. The lowest BCUT2D eigenvalue weighted by molar-refractivity contribution is -0.118. The number of sulfone groups is 1. The van der Waals surface area contributed by atoms with Crippen LogP contribution in [0.15, 0.2) is 35.5 Å². The van der Waals surface area contributed by atoms with Gasteiger partial charge in [-0.25, -0.2) is 23.2 Å². The van der Waals surface area contributed by atoms with Gasteiger partial charge in [0.2, 0.25) is 5.91 Å². The third kappa shape index (κ3) is 5.44. The number of hydrogen-bond donors (Lipinski definition) is 1. The Morgan fingerprint density at radius 1 is 1.08 bits per heavy atom. The number of esters is 1. The standard InChI is InChI=1S/C26H31N3O6S/c1-34-26(31)22-14-28-24(15-27-22)29-25(30)21(12-16-8-10-35-11-9-16)18-4-7-23(20(13-18)17-2-3-17)36(32,33)19-5-6-19/h4,7,13-17,19,21H,2-3,5-6,8-12H2,1H3,(H,28,29,30)/t21-/m1/s1. The summed E-state index contributed by atoms with van der Waals surface area (Å²) in [5.41, 5.74) is 1.72. The van der Waals surface area contributed by atoms with Gasteiger partial charge in [-0.3, -0.25) is 4.79 Å². The number of aromatic nitrogens is 2. The molecule has 0 radical (unpaired) electrons. The first kappa shape index (κ1) is 24.8. The Morgan fingerprint density at radius 3 is 2.44 bits per heavy atom. The molecule has 2 aromatic rings. The van der Waals surface area contributed by atoms with Gasteiger partial charge in [0.05, 0.1) is 35.6 Å². The average Bonchev–Trinajstić information content (AvgIpc) is 3.80. The summed E-state index contributed by atoms with van der Waals surface area (Å²) >= 11 is 0. The first-order valence-corrected chi connectivity index (χ1v) is 14.1. The quantitative estimate of drug-likeness (QED) is 0.504. The van der Waals surface area contributed by atoms with E-state index in [2.05, 4.69) is 20.0 Å². The number of anilines is 1. The van der Waals surface area contributed by atoms with Crippen molar-refractivity contribution in [1.29, 1.82) is 0 Å². The summed E-state index contributed by atoms with van der Waals surface area (Å²) < 4.78 is 36.3. The fraction of sp³-hybridized carbons (Fsp3) is 0.538. The van der Waals surface area contributed by atoms with Gasteiger partial charge in [0, 0.05) is 13.2 Å². The second-order valence-electron chi connectivity index (χ2n) is 9.93. The van der Waals surface area contributed by atoms with Gasteiger partial charge in [-0.2, -0.15) is 0 Å². The van der Waals surface area contributed by atoms with Gasteiger partial charge >= 0.3 is 5.97 Å². The second kappa shape index (κ2) is 10.3. The van der Waals surface area contributed by atoms with Gasteiger partial charge in [-0.15, -0.1) is 0 Å². The Labute approximate surface area is 210 Å². The number of nitrogens with zero attached hydrogens (tertiary/aromatic N) is 2. The molecule has 2 heterocycles. The number of hydrogen-bond acceptors (Lipinski definition) is 8. The van der Waals surface area contributed by atoms with Crippen LogP contribution in [0.4, 0.5) is 5.82 Å². The van der Waals surface area contributed by atoms with Crippen LogP contribution < -0.4 is 5.32 Å². The number of carbonyl (C=O) groups is 2. The van der Waals surface area contributed by atoms with Crippen LogP contribution in [0, 0.1) is 5.92 Å². The fourth-order valence-corrected chi connectivity index (χ4v) is 6.77. The maximum Gasteiger partial charge on any atom is 0.358 e. The number of nitrogens with one attached hydrogen (secondary N) is 1. The lowest BCUT2D eigenvalue weighted by Gasteiger charge is -2.27. The molecule has 1 N–H and O–H groups in total. The highest BCUT2D eigenvalue weighted by atomic mass is 32.2. The minimum absolute atomic E-state index is 0.0517. The Morgan fingerprint density at radius 2 is 1.83 bits per heavy atom. The van der Waals surface area contributed by atoms with Gasteiger partial charge in [0.15, 0.2) is 21.3 Å². The van der Waals surface area contributed by atoms with E-state index in [1.807, 2.05) is 6.07 Å². The van der Waals surface area contributed by atoms with E-state index in [1.165, 1.54) is 19.5 Å². The number of methoxy groups -OCH3 is 1. The average molecular weight is 514 g/mol. The molecule has 10 heteroatoms. The minimum atomic E-state index is -3.33. The molecule has 1 amide bonds. The van der Waals surface area contributed by atoms with E-state index in [9.17, 15) is 18.0 Å². The molecule has 36 heavy (non-hydrogen) atoms. The molecule has 1 aromatic carbocycles. The van der Waals surface area contributed by atoms with E-state index < -0.39 is 21.7 Å². The van der Waals surface area contributed by atoms with Crippen LogP contribution in [0.5, 0.6) is 0 Å². The highest BCUT2D eigenvalue weighted by Crippen LogP contribution is 2.46. The number of benzene rings is 1. The highest BCUT2D eigenvalue weighted by Gasteiger charge is 2.41. The summed E-state index contributed by atoms with van der Waals surface area (Å²) in [6, 6.07) is 5.46. The van der Waals surface area contributed by atoms with Gasteiger partial charge in [0.1, 0.15) is 0 Å². The van der Waals surface area contributed by atoms with Crippen molar-refractivity contribution in [3.8, 4) is 0 Å². The second-order valence-corrected chi connectivity index (χ2v) is 12.1. The molecular formula is C26H31N3O6S. The summed E-state index contributed by atoms with van der Waals surface area (Å²) in [5.74, 6) is -0.531. The van der Waals surface area contributed by atoms with E-state index in [0.717, 1.165) is 49.7 Å². The molecule has 5 rings (SSSR count). The predicted octanol–water partition coefficient (Wildman–Crippen LogP) is 3.62. The summed E-state index contributed by atoms with van der Waals surface area (Å²) in [6.07, 6.45) is 8.35. The zero-order chi connectivity index (χ0) is 25.3. The normalized spacial score (nSPS) is 19.5. The largest absolute Gasteiger partial charge is 0.464 e. The maximum absolute atomic E-state index is 13.5. The zero-order valence-electron chi connectivity index (χ0n) is 20.3. The van der Waals surface area contributed by atoms with Gasteiger partial charge < -0.3 is 14.8 Å². The number of rotatable bonds is 9. The van der Waals surface area contributed by atoms with Gasteiger partial charge in [-0.05, 0) is 74.0 Å². The molecule has 192 valence electrons. The van der Waals surface area contributed by atoms with Crippen LogP contribution in [-0.4, -0.2) is 55.8 Å². The van der Waals surface area contributed by atoms with Crippen LogP contribution in [0.2, 0.25) is 0 Å². The van der Waals surface area contributed by atoms with Crippen molar-refractivity contribution in [2.45, 2.75) is 66.9 Å². The Hall–Kier alpha value is -2.85. The van der Waals surface area contributed by atoms with Crippen molar-refractivity contribution >= 4 is 27.5 Å². The molecule has 1 saturated heterocycles. The van der Waals surface area contributed by atoms with Gasteiger partial charge in [-0.1, -0.05) is 12.1 Å². The Kier molecular flexibility index (Phi) is 7.07. The van der Waals surface area contributed by atoms with Crippen molar-refractivity contribution in [3.05, 3.63) is 47.4 Å². The Balaban J connectivity index is 1.43. The maximum atomic E-state index is 13.5. The molecular weight excluding hydrogens is 482 g/mol. The monoisotopic (exact) mass is 513 g/mol. The van der Waals surface area contributed by atoms with Crippen molar-refractivity contribution < 1.29 is 27.5 Å². The van der Waals surface area contributed by atoms with Crippen molar-refractivity contribution in [1.82, 2.24) is 9.97 Å². The predicted molar refractivity (Wildman–Crippen MR) is 132 cm³/mol. The van der Waals surface area contributed by atoms with E-state index in [0.29, 0.717) is 30.4 Å². The van der Waals surface area contributed by atoms with E-state index in [4.69, 9.17) is 4.74 Å². The van der Waals surface area contributed by atoms with Crippen LogP contribution in [0.1, 0.15) is 78.4 Å². The zero-order valence-corrected chi connectivity index (χ0v) is 21.1. The first-order chi connectivity index (χ1) is 17.4. The number of ether oxygens (including phenoxy) is 2. The first-order valence-electron chi connectivity index (χ1n) is 12.5. The Bertz CT molecular complexity index is 1230. The van der Waals surface area contributed by atoms with E-state index in [1.54, 1.807) is 12.1 Å². The lowest BCUT2D eigenvalue weighted by atomic mass is 9.83. The molecule has 2 aliphatic carbocycles. The van der Waals surface area contributed by atoms with Crippen molar-refractivity contribution in [2.75, 3.05) is 25.6 Å². The van der Waals surface area contributed by atoms with Gasteiger partial charge in [0.25, 0.3) is 0 Å².